The van der Waals surface area contributed by atoms with Crippen LogP contribution in [0.3, 0.4) is 0 Å². The Morgan fingerprint density at radius 1 is 1.38 bits per heavy atom. The van der Waals surface area contributed by atoms with Gasteiger partial charge in [0.1, 0.15) is 5.82 Å². The number of ether oxygens (including phenoxy) is 1. The van der Waals surface area contributed by atoms with Crippen molar-refractivity contribution in [3.63, 3.8) is 0 Å². The molecule has 2 rings (SSSR count). The molecule has 1 aromatic carbocycles. The van der Waals surface area contributed by atoms with E-state index in [0.717, 1.165) is 17.3 Å². The third-order valence-corrected chi connectivity index (χ3v) is 4.61. The molecule has 0 unspecified atom stereocenters. The van der Waals surface area contributed by atoms with Crippen molar-refractivity contribution in [1.82, 2.24) is 15.5 Å². The summed E-state index contributed by atoms with van der Waals surface area (Å²) in [6, 6.07) is 5.05. The Balaban J connectivity index is 1.92. The van der Waals surface area contributed by atoms with Crippen LogP contribution in [0.2, 0.25) is 0 Å². The first-order chi connectivity index (χ1) is 12.5. The number of benzene rings is 1. The van der Waals surface area contributed by atoms with Gasteiger partial charge in [0.05, 0.1) is 13.2 Å². The second kappa shape index (κ2) is 10.4. The summed E-state index contributed by atoms with van der Waals surface area (Å²) < 4.78 is 19.7. The Morgan fingerprint density at radius 3 is 2.77 bits per heavy atom. The van der Waals surface area contributed by atoms with Gasteiger partial charge in [0.25, 0.3) is 0 Å². The number of amides is 1. The fourth-order valence-corrected chi connectivity index (χ4v) is 3.17. The molecular weight excluding hydrogens is 403 g/mol. The lowest BCUT2D eigenvalue weighted by atomic mass is 10.1. The van der Waals surface area contributed by atoms with Crippen molar-refractivity contribution in [2.75, 3.05) is 26.2 Å². The van der Waals surface area contributed by atoms with Crippen LogP contribution < -0.4 is 10.6 Å². The van der Waals surface area contributed by atoms with Crippen molar-refractivity contribution < 1.29 is 13.9 Å². The quantitative estimate of drug-likeness (QED) is 0.557. The number of hydrogen-bond donors (Lipinski definition) is 2. The fraction of sp³-hybridized carbons (Fsp3) is 0.556. The number of halogens is 2. The number of rotatable bonds is 5. The van der Waals surface area contributed by atoms with Gasteiger partial charge in [-0.25, -0.2) is 14.2 Å². The molecule has 0 radical (unpaired) electrons. The van der Waals surface area contributed by atoms with Crippen LogP contribution in [0.5, 0.6) is 0 Å². The van der Waals surface area contributed by atoms with E-state index < -0.39 is 0 Å². The summed E-state index contributed by atoms with van der Waals surface area (Å²) in [7, 11) is 0. The van der Waals surface area contributed by atoms with Crippen LogP contribution in [0, 0.1) is 5.82 Å². The van der Waals surface area contributed by atoms with Crippen molar-refractivity contribution in [2.24, 2.45) is 4.99 Å². The maximum atomic E-state index is 13.9. The molecule has 1 heterocycles. The molecule has 144 valence electrons. The second-order valence-corrected chi connectivity index (χ2v) is 6.95. The number of hydrogen-bond acceptors (Lipinski definition) is 3. The van der Waals surface area contributed by atoms with Crippen LogP contribution in [0.4, 0.5) is 9.18 Å². The predicted octanol–water partition coefficient (Wildman–Crippen LogP) is 3.26. The van der Waals surface area contributed by atoms with Gasteiger partial charge in [-0.05, 0) is 44.9 Å². The van der Waals surface area contributed by atoms with Crippen molar-refractivity contribution in [1.29, 1.82) is 0 Å². The molecule has 0 spiro atoms. The second-order valence-electron chi connectivity index (χ2n) is 6.04. The standard InChI is InChI=1S/C18H26BrFN4O2/c1-3-21-17(22-12-13-11-14(19)5-6-16(13)20)23-15-7-9-24(10-8-15)18(25)26-4-2/h5-6,11,15H,3-4,7-10,12H2,1-2H3,(H2,21,22,23). The lowest BCUT2D eigenvalue weighted by Gasteiger charge is -2.32. The van der Waals surface area contributed by atoms with Gasteiger partial charge in [-0.3, -0.25) is 0 Å². The maximum Gasteiger partial charge on any atom is 0.409 e. The minimum atomic E-state index is -0.268. The van der Waals surface area contributed by atoms with Gasteiger partial charge >= 0.3 is 6.09 Å². The molecule has 8 heteroatoms. The molecule has 0 aromatic heterocycles. The van der Waals surface area contributed by atoms with E-state index in [-0.39, 0.29) is 24.5 Å². The zero-order chi connectivity index (χ0) is 18.9. The summed E-state index contributed by atoms with van der Waals surface area (Å²) in [5.41, 5.74) is 0.536. The van der Waals surface area contributed by atoms with Crippen LogP contribution in [0.15, 0.2) is 27.7 Å². The normalized spacial score (nSPS) is 15.7. The first-order valence-corrected chi connectivity index (χ1v) is 9.73. The lowest BCUT2D eigenvalue weighted by molar-refractivity contribution is 0.0963. The molecule has 6 nitrogen and oxygen atoms in total. The van der Waals surface area contributed by atoms with E-state index in [1.807, 2.05) is 6.92 Å². The Hall–Kier alpha value is -1.83. The van der Waals surface area contributed by atoms with Crippen LogP contribution >= 0.6 is 15.9 Å². The van der Waals surface area contributed by atoms with Crippen molar-refractivity contribution >= 4 is 28.0 Å². The molecule has 2 N–H and O–H groups in total. The molecule has 1 amide bonds. The van der Waals surface area contributed by atoms with Crippen LogP contribution in [-0.4, -0.2) is 49.2 Å². The van der Waals surface area contributed by atoms with Crippen LogP contribution in [-0.2, 0) is 11.3 Å². The summed E-state index contributed by atoms with van der Waals surface area (Å²) >= 11 is 3.35. The van der Waals surface area contributed by atoms with E-state index in [2.05, 4.69) is 31.6 Å². The number of nitrogens with one attached hydrogen (secondary N) is 2. The molecule has 0 atom stereocenters. The highest BCUT2D eigenvalue weighted by Gasteiger charge is 2.24. The topological polar surface area (TPSA) is 66.0 Å². The number of carbonyl (C=O) groups excluding carboxylic acids is 1. The highest BCUT2D eigenvalue weighted by atomic mass is 79.9. The number of aliphatic imine (C=N–C) groups is 1. The van der Waals surface area contributed by atoms with E-state index in [1.54, 1.807) is 24.0 Å². The molecular formula is C18H26BrFN4O2. The Bertz CT molecular complexity index is 634. The van der Waals surface area contributed by atoms with Crippen molar-refractivity contribution in [2.45, 2.75) is 39.3 Å². The molecule has 1 saturated heterocycles. The molecule has 1 fully saturated rings. The SMILES string of the molecule is CCNC(=NCc1cc(Br)ccc1F)NC1CCN(C(=O)OCC)CC1. The zero-order valence-corrected chi connectivity index (χ0v) is 16.8. The molecule has 0 aliphatic carbocycles. The third-order valence-electron chi connectivity index (χ3n) is 4.12. The Labute approximate surface area is 162 Å². The van der Waals surface area contributed by atoms with Gasteiger partial charge < -0.3 is 20.3 Å². The molecule has 0 bridgehead atoms. The van der Waals surface area contributed by atoms with E-state index in [4.69, 9.17) is 4.74 Å². The molecule has 1 aliphatic rings. The van der Waals surface area contributed by atoms with Crippen molar-refractivity contribution in [3.8, 4) is 0 Å². The van der Waals surface area contributed by atoms with E-state index >= 15 is 0 Å². The summed E-state index contributed by atoms with van der Waals surface area (Å²) in [5, 5.41) is 6.57. The van der Waals surface area contributed by atoms with Gasteiger partial charge in [0, 0.05) is 35.7 Å². The monoisotopic (exact) mass is 428 g/mol. The summed E-state index contributed by atoms with van der Waals surface area (Å²) in [5.74, 6) is 0.386. The summed E-state index contributed by atoms with van der Waals surface area (Å²) in [6.07, 6.45) is 1.37. The molecule has 1 aliphatic heterocycles. The predicted molar refractivity (Wildman–Crippen MR) is 104 cm³/mol. The van der Waals surface area contributed by atoms with Crippen LogP contribution in [0.25, 0.3) is 0 Å². The number of guanidine groups is 1. The lowest BCUT2D eigenvalue weighted by Crippen LogP contribution is -2.49. The molecule has 0 saturated carbocycles. The number of piperidine rings is 1. The van der Waals surface area contributed by atoms with Gasteiger partial charge in [-0.15, -0.1) is 0 Å². The van der Waals surface area contributed by atoms with Crippen LogP contribution in [0.1, 0.15) is 32.3 Å². The smallest absolute Gasteiger partial charge is 0.409 e. The van der Waals surface area contributed by atoms with Crippen molar-refractivity contribution in [3.05, 3.63) is 34.1 Å². The summed E-state index contributed by atoms with van der Waals surface area (Å²) in [4.78, 5) is 18.0. The highest BCUT2D eigenvalue weighted by Crippen LogP contribution is 2.16. The fourth-order valence-electron chi connectivity index (χ4n) is 2.76. The minimum absolute atomic E-state index is 0.214. The largest absolute Gasteiger partial charge is 0.450 e. The van der Waals surface area contributed by atoms with Gasteiger partial charge in [0.2, 0.25) is 0 Å². The van der Waals surface area contributed by atoms with E-state index in [9.17, 15) is 9.18 Å². The molecule has 26 heavy (non-hydrogen) atoms. The first kappa shape index (κ1) is 20.5. The molecule has 1 aromatic rings. The Morgan fingerprint density at radius 2 is 2.12 bits per heavy atom. The van der Waals surface area contributed by atoms with E-state index in [0.29, 0.717) is 37.8 Å². The first-order valence-electron chi connectivity index (χ1n) is 8.94. The average Bonchev–Trinajstić information content (AvgIpc) is 2.63. The Kier molecular flexibility index (Phi) is 8.15. The average molecular weight is 429 g/mol. The van der Waals surface area contributed by atoms with E-state index in [1.165, 1.54) is 6.07 Å². The zero-order valence-electron chi connectivity index (χ0n) is 15.2. The number of carbonyl (C=O) groups is 1. The summed E-state index contributed by atoms with van der Waals surface area (Å²) in [6.45, 7) is 6.45. The minimum Gasteiger partial charge on any atom is -0.450 e. The van der Waals surface area contributed by atoms with Gasteiger partial charge in [-0.2, -0.15) is 0 Å². The maximum absolute atomic E-state index is 13.9. The van der Waals surface area contributed by atoms with Gasteiger partial charge in [-0.1, -0.05) is 15.9 Å². The third kappa shape index (κ3) is 6.16. The number of likely N-dealkylation sites (tertiary alicyclic amines) is 1. The highest BCUT2D eigenvalue weighted by molar-refractivity contribution is 9.10. The number of nitrogens with zero attached hydrogens (tertiary/aromatic N) is 2. The van der Waals surface area contributed by atoms with Gasteiger partial charge in [0.15, 0.2) is 5.96 Å².